The molecule has 0 saturated heterocycles. The molecule has 2 rings (SSSR count). The molecule has 0 spiro atoms. The highest BCUT2D eigenvalue weighted by molar-refractivity contribution is 6.31. The van der Waals surface area contributed by atoms with E-state index in [1.807, 2.05) is 0 Å². The van der Waals surface area contributed by atoms with Crippen LogP contribution in [0, 0.1) is 10.1 Å². The van der Waals surface area contributed by atoms with E-state index >= 15 is 0 Å². The van der Waals surface area contributed by atoms with E-state index < -0.39 is 4.92 Å². The number of rotatable bonds is 6. The van der Waals surface area contributed by atoms with Crippen molar-refractivity contribution in [3.63, 3.8) is 0 Å². The number of nitro groups is 1. The number of nitrogens with zero attached hydrogens (tertiary/aromatic N) is 2. The van der Waals surface area contributed by atoms with Crippen molar-refractivity contribution >= 4 is 34.8 Å². The molecule has 1 aliphatic rings. The molecule has 1 aliphatic carbocycles. The van der Waals surface area contributed by atoms with E-state index in [1.54, 1.807) is 4.90 Å². The summed E-state index contributed by atoms with van der Waals surface area (Å²) < 4.78 is 0. The first-order chi connectivity index (χ1) is 10.0. The van der Waals surface area contributed by atoms with Crippen LogP contribution in [0.15, 0.2) is 18.2 Å². The summed E-state index contributed by atoms with van der Waals surface area (Å²) in [6.07, 6.45) is 3.63. The third-order valence-electron chi connectivity index (χ3n) is 3.70. The van der Waals surface area contributed by atoms with Crippen molar-refractivity contribution in [1.29, 1.82) is 0 Å². The van der Waals surface area contributed by atoms with Crippen LogP contribution in [0.2, 0.25) is 5.02 Å². The Labute approximate surface area is 133 Å². The van der Waals surface area contributed by atoms with Gasteiger partial charge in [0, 0.05) is 29.6 Å². The molecule has 1 saturated carbocycles. The summed E-state index contributed by atoms with van der Waals surface area (Å²) in [5.74, 6) is 0.146. The SMILES string of the molecule is O=C(c1ccc(Cl)cc1[N+](=O)[O-])N(CCCCl)C1CCC1. The molecule has 0 atom stereocenters. The summed E-state index contributed by atoms with van der Waals surface area (Å²) in [4.78, 5) is 24.9. The van der Waals surface area contributed by atoms with Crippen LogP contribution in [0.25, 0.3) is 0 Å². The van der Waals surface area contributed by atoms with Crippen molar-refractivity contribution < 1.29 is 9.72 Å². The molecule has 1 amide bonds. The number of carbonyl (C=O) groups excluding carboxylic acids is 1. The van der Waals surface area contributed by atoms with Crippen molar-refractivity contribution in [2.45, 2.75) is 31.7 Å². The lowest BCUT2D eigenvalue weighted by Gasteiger charge is -2.37. The Balaban J connectivity index is 2.29. The fourth-order valence-electron chi connectivity index (χ4n) is 2.37. The fraction of sp³-hybridized carbons (Fsp3) is 0.500. The zero-order valence-corrected chi connectivity index (χ0v) is 12.9. The highest BCUT2D eigenvalue weighted by Gasteiger charge is 2.32. The Morgan fingerprint density at radius 3 is 2.67 bits per heavy atom. The Hall–Kier alpha value is -1.33. The molecule has 0 aromatic heterocycles. The van der Waals surface area contributed by atoms with Gasteiger partial charge < -0.3 is 4.90 Å². The van der Waals surface area contributed by atoms with Crippen molar-refractivity contribution in [1.82, 2.24) is 4.90 Å². The maximum absolute atomic E-state index is 12.7. The first-order valence-corrected chi connectivity index (χ1v) is 7.76. The second kappa shape index (κ2) is 7.09. The first-order valence-electron chi connectivity index (χ1n) is 6.85. The Morgan fingerprint density at radius 1 is 1.43 bits per heavy atom. The fourth-order valence-corrected chi connectivity index (χ4v) is 2.66. The van der Waals surface area contributed by atoms with E-state index in [2.05, 4.69) is 0 Å². The Morgan fingerprint density at radius 2 is 2.14 bits per heavy atom. The van der Waals surface area contributed by atoms with Crippen LogP contribution in [0.3, 0.4) is 0 Å². The van der Waals surface area contributed by atoms with Crippen LogP contribution in [0.1, 0.15) is 36.0 Å². The van der Waals surface area contributed by atoms with Crippen LogP contribution in [0.4, 0.5) is 5.69 Å². The molecule has 1 aromatic carbocycles. The molecule has 0 radical (unpaired) electrons. The van der Waals surface area contributed by atoms with Gasteiger partial charge in [0.1, 0.15) is 5.56 Å². The van der Waals surface area contributed by atoms with Gasteiger partial charge in [0.25, 0.3) is 11.6 Å². The normalized spacial score (nSPS) is 14.6. The molecule has 21 heavy (non-hydrogen) atoms. The molecule has 0 bridgehead atoms. The minimum Gasteiger partial charge on any atom is -0.335 e. The molecule has 1 fully saturated rings. The van der Waals surface area contributed by atoms with E-state index in [4.69, 9.17) is 23.2 Å². The quantitative estimate of drug-likeness (QED) is 0.451. The highest BCUT2D eigenvalue weighted by atomic mass is 35.5. The minimum atomic E-state index is -0.570. The number of amides is 1. The molecule has 0 unspecified atom stereocenters. The number of hydrogen-bond donors (Lipinski definition) is 0. The van der Waals surface area contributed by atoms with Crippen molar-refractivity contribution in [3.05, 3.63) is 38.9 Å². The Bertz CT molecular complexity index is 547. The van der Waals surface area contributed by atoms with Crippen LogP contribution < -0.4 is 0 Å². The predicted octanol–water partition coefficient (Wildman–Crippen LogP) is 3.87. The van der Waals surface area contributed by atoms with Crippen molar-refractivity contribution in [3.8, 4) is 0 Å². The van der Waals surface area contributed by atoms with Gasteiger partial charge in [-0.25, -0.2) is 0 Å². The molecule has 5 nitrogen and oxygen atoms in total. The van der Waals surface area contributed by atoms with Crippen LogP contribution in [0.5, 0.6) is 0 Å². The van der Waals surface area contributed by atoms with E-state index in [9.17, 15) is 14.9 Å². The minimum absolute atomic E-state index is 0.0888. The maximum Gasteiger partial charge on any atom is 0.283 e. The van der Waals surface area contributed by atoms with E-state index in [1.165, 1.54) is 18.2 Å². The lowest BCUT2D eigenvalue weighted by atomic mass is 9.90. The van der Waals surface area contributed by atoms with Gasteiger partial charge in [0.2, 0.25) is 0 Å². The molecule has 114 valence electrons. The molecule has 0 N–H and O–H groups in total. The number of halogens is 2. The molecule has 0 aliphatic heterocycles. The molecule has 0 heterocycles. The van der Waals surface area contributed by atoms with Crippen molar-refractivity contribution in [2.24, 2.45) is 0 Å². The van der Waals surface area contributed by atoms with E-state index in [0.717, 1.165) is 19.3 Å². The van der Waals surface area contributed by atoms with Crippen LogP contribution in [-0.4, -0.2) is 34.2 Å². The zero-order chi connectivity index (χ0) is 15.4. The second-order valence-electron chi connectivity index (χ2n) is 5.04. The van der Waals surface area contributed by atoms with Gasteiger partial charge in [-0.1, -0.05) is 11.6 Å². The lowest BCUT2D eigenvalue weighted by Crippen LogP contribution is -2.45. The average Bonchev–Trinajstić information content (AvgIpc) is 2.40. The summed E-state index contributed by atoms with van der Waals surface area (Å²) in [5, 5.41) is 11.4. The topological polar surface area (TPSA) is 63.4 Å². The molecule has 7 heteroatoms. The van der Waals surface area contributed by atoms with Gasteiger partial charge in [-0.3, -0.25) is 14.9 Å². The number of hydrogen-bond acceptors (Lipinski definition) is 3. The first kappa shape index (κ1) is 16.0. The van der Waals surface area contributed by atoms with Gasteiger partial charge >= 0.3 is 0 Å². The van der Waals surface area contributed by atoms with E-state index in [0.29, 0.717) is 18.8 Å². The standard InChI is InChI=1S/C14H16Cl2N2O3/c15-7-2-8-17(11-3-1-4-11)14(19)12-6-5-10(16)9-13(12)18(20)21/h5-6,9,11H,1-4,7-8H2. The number of carbonyl (C=O) groups is 1. The third-order valence-corrected chi connectivity index (χ3v) is 4.20. The van der Waals surface area contributed by atoms with Gasteiger partial charge in [-0.15, -0.1) is 11.6 Å². The second-order valence-corrected chi connectivity index (χ2v) is 5.86. The number of benzene rings is 1. The van der Waals surface area contributed by atoms with Gasteiger partial charge in [-0.2, -0.15) is 0 Å². The summed E-state index contributed by atoms with van der Waals surface area (Å²) in [6, 6.07) is 4.31. The van der Waals surface area contributed by atoms with Crippen LogP contribution >= 0.6 is 23.2 Å². The van der Waals surface area contributed by atoms with Gasteiger partial charge in [0.15, 0.2) is 0 Å². The molecular weight excluding hydrogens is 315 g/mol. The molecule has 1 aromatic rings. The number of nitro benzene ring substituents is 1. The van der Waals surface area contributed by atoms with Gasteiger partial charge in [-0.05, 0) is 37.8 Å². The third kappa shape index (κ3) is 3.66. The summed E-state index contributed by atoms with van der Waals surface area (Å²) >= 11 is 11.5. The summed E-state index contributed by atoms with van der Waals surface area (Å²) in [5.41, 5.74) is -0.159. The summed E-state index contributed by atoms with van der Waals surface area (Å²) in [6.45, 7) is 0.521. The van der Waals surface area contributed by atoms with Crippen molar-refractivity contribution in [2.75, 3.05) is 12.4 Å². The lowest BCUT2D eigenvalue weighted by molar-refractivity contribution is -0.385. The predicted molar refractivity (Wildman–Crippen MR) is 82.1 cm³/mol. The average molecular weight is 331 g/mol. The van der Waals surface area contributed by atoms with Crippen LogP contribution in [-0.2, 0) is 0 Å². The maximum atomic E-state index is 12.7. The number of alkyl halides is 1. The smallest absolute Gasteiger partial charge is 0.283 e. The Kier molecular flexibility index (Phi) is 5.42. The van der Waals surface area contributed by atoms with E-state index in [-0.39, 0.29) is 28.2 Å². The largest absolute Gasteiger partial charge is 0.335 e. The van der Waals surface area contributed by atoms with Gasteiger partial charge in [0.05, 0.1) is 4.92 Å². The molecular formula is C14H16Cl2N2O3. The summed E-state index contributed by atoms with van der Waals surface area (Å²) in [7, 11) is 0. The monoisotopic (exact) mass is 330 g/mol. The highest BCUT2D eigenvalue weighted by Crippen LogP contribution is 2.30. The zero-order valence-electron chi connectivity index (χ0n) is 11.4.